The molecule has 0 saturated heterocycles. The van der Waals surface area contributed by atoms with E-state index in [0.717, 1.165) is 34.7 Å². The Kier molecular flexibility index (Phi) is 2.96. The third kappa shape index (κ3) is 2.09. The van der Waals surface area contributed by atoms with Gasteiger partial charge in [-0.2, -0.15) is 0 Å². The minimum absolute atomic E-state index is 0.143. The summed E-state index contributed by atoms with van der Waals surface area (Å²) in [7, 11) is 0. The third-order valence-corrected chi connectivity index (χ3v) is 4.53. The van der Waals surface area contributed by atoms with Gasteiger partial charge in [0.25, 0.3) is 0 Å². The Morgan fingerprint density at radius 2 is 2.21 bits per heavy atom. The molecule has 0 unspecified atom stereocenters. The monoisotopic (exact) mass is 278 g/mol. The molecule has 102 valence electrons. The van der Waals surface area contributed by atoms with Gasteiger partial charge in [-0.25, -0.2) is 15.8 Å². The van der Waals surface area contributed by atoms with Crippen molar-refractivity contribution >= 4 is 27.4 Å². The van der Waals surface area contributed by atoms with Gasteiger partial charge in [0.1, 0.15) is 10.7 Å². The van der Waals surface area contributed by atoms with Crippen molar-refractivity contribution in [2.75, 3.05) is 5.43 Å². The van der Waals surface area contributed by atoms with Crippen LogP contribution in [0.5, 0.6) is 0 Å². The topological polar surface area (TPSA) is 73.1 Å². The number of ether oxygens (including phenoxy) is 1. The zero-order chi connectivity index (χ0) is 13.6. The molecular formula is C13H18N4OS. The minimum atomic E-state index is -0.143. The number of anilines is 1. The second-order valence-electron chi connectivity index (χ2n) is 5.40. The van der Waals surface area contributed by atoms with Crippen molar-refractivity contribution in [3.05, 3.63) is 16.3 Å². The Balaban J connectivity index is 2.25. The molecule has 0 amide bonds. The average molecular weight is 278 g/mol. The summed E-state index contributed by atoms with van der Waals surface area (Å²) >= 11 is 1.69. The molecule has 0 fully saturated rings. The first kappa shape index (κ1) is 12.8. The predicted molar refractivity (Wildman–Crippen MR) is 77.2 cm³/mol. The van der Waals surface area contributed by atoms with Crippen LogP contribution in [0.15, 0.2) is 0 Å². The Bertz CT molecular complexity index is 635. The lowest BCUT2D eigenvalue weighted by molar-refractivity contribution is -0.0379. The van der Waals surface area contributed by atoms with E-state index in [-0.39, 0.29) is 5.60 Å². The standard InChI is InChI=1S/C13H18N4OS/c1-4-9-15-11(17-14)10-7-5-13(2,3)18-6-8(7)19-12(10)16-9/h4-6,14H2,1-3H3,(H,15,16,17). The zero-order valence-corrected chi connectivity index (χ0v) is 12.2. The molecule has 3 heterocycles. The van der Waals surface area contributed by atoms with Crippen molar-refractivity contribution in [2.24, 2.45) is 5.84 Å². The van der Waals surface area contributed by atoms with E-state index in [2.05, 4.69) is 29.2 Å². The summed E-state index contributed by atoms with van der Waals surface area (Å²) in [5.41, 5.74) is 3.86. The van der Waals surface area contributed by atoms with Crippen LogP contribution in [-0.4, -0.2) is 15.6 Å². The van der Waals surface area contributed by atoms with E-state index in [1.807, 2.05) is 6.92 Å². The van der Waals surface area contributed by atoms with Gasteiger partial charge in [0, 0.05) is 17.7 Å². The Morgan fingerprint density at radius 3 is 2.89 bits per heavy atom. The predicted octanol–water partition coefficient (Wildman–Crippen LogP) is 2.39. The molecule has 0 atom stereocenters. The van der Waals surface area contributed by atoms with Gasteiger partial charge in [0.2, 0.25) is 0 Å². The number of nitrogens with zero attached hydrogens (tertiary/aromatic N) is 2. The molecular weight excluding hydrogens is 260 g/mol. The Labute approximate surface area is 116 Å². The summed E-state index contributed by atoms with van der Waals surface area (Å²) in [6.07, 6.45) is 1.67. The van der Waals surface area contributed by atoms with Crippen molar-refractivity contribution in [2.45, 2.75) is 45.8 Å². The minimum Gasteiger partial charge on any atom is -0.370 e. The maximum absolute atomic E-state index is 5.86. The molecule has 0 spiro atoms. The summed E-state index contributed by atoms with van der Waals surface area (Å²) in [6, 6.07) is 0. The second-order valence-corrected chi connectivity index (χ2v) is 6.48. The van der Waals surface area contributed by atoms with Crippen LogP contribution >= 0.6 is 11.3 Å². The van der Waals surface area contributed by atoms with E-state index >= 15 is 0 Å². The van der Waals surface area contributed by atoms with Crippen molar-refractivity contribution in [1.82, 2.24) is 9.97 Å². The van der Waals surface area contributed by atoms with Crippen LogP contribution in [0.1, 0.15) is 37.0 Å². The number of hydrogen-bond acceptors (Lipinski definition) is 6. The molecule has 1 aliphatic rings. The highest BCUT2D eigenvalue weighted by molar-refractivity contribution is 7.18. The molecule has 0 bridgehead atoms. The number of fused-ring (bicyclic) bond motifs is 3. The van der Waals surface area contributed by atoms with Crippen molar-refractivity contribution < 1.29 is 4.74 Å². The molecule has 1 aliphatic heterocycles. The number of aryl methyl sites for hydroxylation is 1. The number of nitrogens with two attached hydrogens (primary N) is 1. The molecule has 3 N–H and O–H groups in total. The van der Waals surface area contributed by atoms with E-state index in [9.17, 15) is 0 Å². The lowest BCUT2D eigenvalue weighted by Gasteiger charge is -2.30. The molecule has 2 aromatic heterocycles. The summed E-state index contributed by atoms with van der Waals surface area (Å²) < 4.78 is 5.86. The Hall–Kier alpha value is -1.24. The maximum Gasteiger partial charge on any atom is 0.152 e. The van der Waals surface area contributed by atoms with E-state index in [0.29, 0.717) is 6.61 Å². The number of nitrogens with one attached hydrogen (secondary N) is 1. The largest absolute Gasteiger partial charge is 0.370 e. The SMILES string of the molecule is CCc1nc(NN)c2c3c(sc2n1)COC(C)(C)C3. The van der Waals surface area contributed by atoms with E-state index in [4.69, 9.17) is 10.6 Å². The highest BCUT2D eigenvalue weighted by Gasteiger charge is 2.30. The fraction of sp³-hybridized carbons (Fsp3) is 0.538. The summed E-state index contributed by atoms with van der Waals surface area (Å²) in [6.45, 7) is 6.91. The van der Waals surface area contributed by atoms with Gasteiger partial charge in [0.15, 0.2) is 5.82 Å². The highest BCUT2D eigenvalue weighted by Crippen LogP contribution is 2.40. The number of aromatic nitrogens is 2. The molecule has 2 aromatic rings. The summed E-state index contributed by atoms with van der Waals surface area (Å²) in [5.74, 6) is 7.18. The van der Waals surface area contributed by atoms with Gasteiger partial charge < -0.3 is 10.2 Å². The molecule has 0 aromatic carbocycles. The molecule has 19 heavy (non-hydrogen) atoms. The number of hydrogen-bond donors (Lipinski definition) is 2. The first-order chi connectivity index (χ1) is 9.04. The van der Waals surface area contributed by atoms with Crippen LogP contribution in [-0.2, 0) is 24.2 Å². The Morgan fingerprint density at radius 1 is 1.42 bits per heavy atom. The van der Waals surface area contributed by atoms with Gasteiger partial charge in [-0.3, -0.25) is 0 Å². The van der Waals surface area contributed by atoms with E-state index in [1.54, 1.807) is 11.3 Å². The van der Waals surface area contributed by atoms with Crippen LogP contribution < -0.4 is 11.3 Å². The lowest BCUT2D eigenvalue weighted by Crippen LogP contribution is -2.31. The highest BCUT2D eigenvalue weighted by atomic mass is 32.1. The number of hydrazine groups is 1. The van der Waals surface area contributed by atoms with Gasteiger partial charge >= 0.3 is 0 Å². The first-order valence-electron chi connectivity index (χ1n) is 6.46. The van der Waals surface area contributed by atoms with E-state index < -0.39 is 0 Å². The molecule has 0 saturated carbocycles. The summed E-state index contributed by atoms with van der Waals surface area (Å²) in [5, 5.41) is 1.07. The smallest absolute Gasteiger partial charge is 0.152 e. The third-order valence-electron chi connectivity index (χ3n) is 3.43. The van der Waals surface area contributed by atoms with Crippen LogP contribution in [0.4, 0.5) is 5.82 Å². The molecule has 6 heteroatoms. The molecule has 5 nitrogen and oxygen atoms in total. The first-order valence-corrected chi connectivity index (χ1v) is 7.27. The van der Waals surface area contributed by atoms with Crippen molar-refractivity contribution in [3.8, 4) is 0 Å². The second kappa shape index (κ2) is 4.40. The van der Waals surface area contributed by atoms with Gasteiger partial charge in [0.05, 0.1) is 17.6 Å². The molecule has 0 radical (unpaired) electrons. The molecule has 0 aliphatic carbocycles. The van der Waals surface area contributed by atoms with Crippen LogP contribution in [0.3, 0.4) is 0 Å². The fourth-order valence-corrected chi connectivity index (χ4v) is 3.57. The number of rotatable bonds is 2. The van der Waals surface area contributed by atoms with E-state index in [1.165, 1.54) is 10.4 Å². The van der Waals surface area contributed by atoms with Gasteiger partial charge in [-0.1, -0.05) is 6.92 Å². The lowest BCUT2D eigenvalue weighted by atomic mass is 9.94. The normalized spacial score (nSPS) is 17.5. The average Bonchev–Trinajstić information content (AvgIpc) is 2.74. The van der Waals surface area contributed by atoms with Crippen molar-refractivity contribution in [3.63, 3.8) is 0 Å². The van der Waals surface area contributed by atoms with Gasteiger partial charge in [-0.15, -0.1) is 11.3 Å². The van der Waals surface area contributed by atoms with Crippen LogP contribution in [0, 0.1) is 0 Å². The zero-order valence-electron chi connectivity index (χ0n) is 11.4. The van der Waals surface area contributed by atoms with Crippen LogP contribution in [0.25, 0.3) is 10.2 Å². The van der Waals surface area contributed by atoms with Crippen molar-refractivity contribution in [1.29, 1.82) is 0 Å². The number of nitrogen functional groups attached to an aromatic ring is 1. The molecule has 3 rings (SSSR count). The quantitative estimate of drug-likeness (QED) is 0.652. The van der Waals surface area contributed by atoms with Crippen LogP contribution in [0.2, 0.25) is 0 Å². The summed E-state index contributed by atoms with van der Waals surface area (Å²) in [4.78, 5) is 11.3. The number of thiophene rings is 1. The fourth-order valence-electron chi connectivity index (χ4n) is 2.45. The maximum atomic E-state index is 5.86. The van der Waals surface area contributed by atoms with Gasteiger partial charge in [-0.05, 0) is 19.4 Å².